The predicted octanol–water partition coefficient (Wildman–Crippen LogP) is 4.37. The van der Waals surface area contributed by atoms with Crippen molar-refractivity contribution < 1.29 is 9.18 Å². The summed E-state index contributed by atoms with van der Waals surface area (Å²) in [6, 6.07) is 8.11. The van der Waals surface area contributed by atoms with Crippen molar-refractivity contribution in [1.82, 2.24) is 9.97 Å². The zero-order valence-corrected chi connectivity index (χ0v) is 13.5. The van der Waals surface area contributed by atoms with Gasteiger partial charge in [0.1, 0.15) is 22.0 Å². The molecule has 2 heterocycles. The molecular weight excluding hydrogens is 319 g/mol. The molecule has 3 aromatic rings. The number of fused-ring (bicyclic) bond motifs is 1. The molecule has 0 amide bonds. The Hall–Kier alpha value is -1.79. The van der Waals surface area contributed by atoms with E-state index in [1.165, 1.54) is 35.1 Å². The minimum absolute atomic E-state index is 0.125. The summed E-state index contributed by atoms with van der Waals surface area (Å²) in [5.41, 5.74) is 0.125. The highest BCUT2D eigenvalue weighted by atomic mass is 32.2. The fourth-order valence-corrected chi connectivity index (χ4v) is 3.93. The van der Waals surface area contributed by atoms with Gasteiger partial charge in [0.15, 0.2) is 5.78 Å². The molecule has 6 heteroatoms. The first-order valence-corrected chi connectivity index (χ1v) is 8.63. The SMILES string of the molecule is CCc1cc2c(SCC(=O)c3ccccc3F)ncnc2s1. The van der Waals surface area contributed by atoms with E-state index in [1.807, 2.05) is 0 Å². The van der Waals surface area contributed by atoms with E-state index < -0.39 is 5.82 Å². The lowest BCUT2D eigenvalue weighted by atomic mass is 10.1. The van der Waals surface area contributed by atoms with Gasteiger partial charge in [-0.1, -0.05) is 30.8 Å². The Labute approximate surface area is 135 Å². The average Bonchev–Trinajstić information content (AvgIpc) is 2.96. The van der Waals surface area contributed by atoms with Crippen LogP contribution in [-0.4, -0.2) is 21.5 Å². The molecule has 0 aliphatic carbocycles. The van der Waals surface area contributed by atoms with Gasteiger partial charge in [-0.3, -0.25) is 4.79 Å². The summed E-state index contributed by atoms with van der Waals surface area (Å²) < 4.78 is 13.6. The Bertz CT molecular complexity index is 832. The average molecular weight is 332 g/mol. The number of nitrogens with zero attached hydrogens (tertiary/aromatic N) is 2. The largest absolute Gasteiger partial charge is 0.293 e. The van der Waals surface area contributed by atoms with Crippen molar-refractivity contribution in [1.29, 1.82) is 0 Å². The van der Waals surface area contributed by atoms with E-state index in [1.54, 1.807) is 23.5 Å². The number of carbonyl (C=O) groups is 1. The van der Waals surface area contributed by atoms with Crippen molar-refractivity contribution in [3.05, 3.63) is 52.9 Å². The van der Waals surface area contributed by atoms with Crippen molar-refractivity contribution in [3.63, 3.8) is 0 Å². The van der Waals surface area contributed by atoms with Gasteiger partial charge < -0.3 is 0 Å². The number of thiophene rings is 1. The predicted molar refractivity (Wildman–Crippen MR) is 88.2 cm³/mol. The molecule has 3 rings (SSSR count). The van der Waals surface area contributed by atoms with Gasteiger partial charge in [0.05, 0.1) is 11.3 Å². The zero-order valence-electron chi connectivity index (χ0n) is 11.9. The Kier molecular flexibility index (Phi) is 4.49. The number of aryl methyl sites for hydroxylation is 1. The van der Waals surface area contributed by atoms with Crippen LogP contribution in [0.2, 0.25) is 0 Å². The lowest BCUT2D eigenvalue weighted by molar-refractivity contribution is 0.101. The molecular formula is C16H13FN2OS2. The number of hydrogen-bond donors (Lipinski definition) is 0. The Balaban J connectivity index is 1.81. The van der Waals surface area contributed by atoms with Gasteiger partial charge in [-0.25, -0.2) is 14.4 Å². The van der Waals surface area contributed by atoms with Crippen molar-refractivity contribution in [2.24, 2.45) is 0 Å². The number of Topliss-reactive ketones (excluding diaryl/α,β-unsaturated/α-hetero) is 1. The molecule has 3 nitrogen and oxygen atoms in total. The summed E-state index contributed by atoms with van der Waals surface area (Å²) >= 11 is 2.96. The Morgan fingerprint density at radius 1 is 1.32 bits per heavy atom. The molecule has 0 atom stereocenters. The third-order valence-corrected chi connectivity index (χ3v) is 5.40. The molecule has 22 heavy (non-hydrogen) atoms. The van der Waals surface area contributed by atoms with Crippen LogP contribution in [0.5, 0.6) is 0 Å². The molecule has 0 spiro atoms. The van der Waals surface area contributed by atoms with Gasteiger partial charge in [-0.2, -0.15) is 0 Å². The first-order valence-electron chi connectivity index (χ1n) is 6.83. The highest BCUT2D eigenvalue weighted by Gasteiger charge is 2.14. The number of ketones is 1. The van der Waals surface area contributed by atoms with Crippen LogP contribution >= 0.6 is 23.1 Å². The van der Waals surface area contributed by atoms with Crippen LogP contribution in [0, 0.1) is 5.82 Å². The summed E-state index contributed by atoms with van der Waals surface area (Å²) in [7, 11) is 0. The molecule has 1 aromatic carbocycles. The molecule has 0 saturated heterocycles. The van der Waals surface area contributed by atoms with Crippen molar-refractivity contribution >= 4 is 39.1 Å². The first-order chi connectivity index (χ1) is 10.7. The molecule has 0 saturated carbocycles. The monoisotopic (exact) mass is 332 g/mol. The molecule has 2 aromatic heterocycles. The molecule has 0 aliphatic heterocycles. The van der Waals surface area contributed by atoms with Crippen LogP contribution < -0.4 is 0 Å². The van der Waals surface area contributed by atoms with Gasteiger partial charge in [-0.15, -0.1) is 11.3 Å². The normalized spacial score (nSPS) is 11.0. The fraction of sp³-hybridized carbons (Fsp3) is 0.188. The fourth-order valence-electron chi connectivity index (χ4n) is 2.07. The van der Waals surface area contributed by atoms with Gasteiger partial charge in [0.2, 0.25) is 0 Å². The second-order valence-corrected chi connectivity index (χ2v) is 6.73. The van der Waals surface area contributed by atoms with E-state index >= 15 is 0 Å². The third kappa shape index (κ3) is 3.03. The number of benzene rings is 1. The second kappa shape index (κ2) is 6.54. The van der Waals surface area contributed by atoms with E-state index in [0.717, 1.165) is 21.7 Å². The lowest BCUT2D eigenvalue weighted by Crippen LogP contribution is -2.05. The van der Waals surface area contributed by atoms with Gasteiger partial charge in [0.25, 0.3) is 0 Å². The summed E-state index contributed by atoms with van der Waals surface area (Å²) in [6.07, 6.45) is 2.45. The number of aromatic nitrogens is 2. The van der Waals surface area contributed by atoms with Crippen LogP contribution in [0.15, 0.2) is 41.7 Å². The van der Waals surface area contributed by atoms with Gasteiger partial charge in [0, 0.05) is 10.3 Å². The zero-order chi connectivity index (χ0) is 15.5. The summed E-state index contributed by atoms with van der Waals surface area (Å²) in [5, 5.41) is 1.74. The molecule has 0 bridgehead atoms. The maximum absolute atomic E-state index is 13.6. The highest BCUT2D eigenvalue weighted by molar-refractivity contribution is 8.00. The smallest absolute Gasteiger partial charge is 0.176 e. The van der Waals surface area contributed by atoms with Gasteiger partial charge >= 0.3 is 0 Å². The molecule has 112 valence electrons. The summed E-state index contributed by atoms with van der Waals surface area (Å²) in [4.78, 5) is 22.8. The number of rotatable bonds is 5. The minimum Gasteiger partial charge on any atom is -0.293 e. The Morgan fingerprint density at radius 3 is 2.91 bits per heavy atom. The van der Waals surface area contributed by atoms with Crippen molar-refractivity contribution in [3.8, 4) is 0 Å². The maximum atomic E-state index is 13.6. The standard InChI is InChI=1S/C16H13FN2OS2/c1-2-10-7-12-15(18-9-19-16(12)22-10)21-8-14(20)11-5-3-4-6-13(11)17/h3-7,9H,2,8H2,1H3. The number of hydrogen-bond acceptors (Lipinski definition) is 5. The van der Waals surface area contributed by atoms with Crippen molar-refractivity contribution in [2.75, 3.05) is 5.75 Å². The van der Waals surface area contributed by atoms with Crippen LogP contribution in [0.25, 0.3) is 10.2 Å². The third-order valence-electron chi connectivity index (χ3n) is 3.21. The van der Waals surface area contributed by atoms with E-state index in [9.17, 15) is 9.18 Å². The van der Waals surface area contributed by atoms with Crippen LogP contribution in [0.4, 0.5) is 4.39 Å². The molecule has 0 unspecified atom stereocenters. The van der Waals surface area contributed by atoms with Gasteiger partial charge in [-0.05, 0) is 24.6 Å². The minimum atomic E-state index is -0.482. The van der Waals surface area contributed by atoms with Crippen LogP contribution in [0.1, 0.15) is 22.2 Å². The molecule has 0 radical (unpaired) electrons. The van der Waals surface area contributed by atoms with E-state index in [0.29, 0.717) is 0 Å². The maximum Gasteiger partial charge on any atom is 0.176 e. The van der Waals surface area contributed by atoms with E-state index in [4.69, 9.17) is 0 Å². The number of halogens is 1. The van der Waals surface area contributed by atoms with E-state index in [-0.39, 0.29) is 17.1 Å². The molecule has 0 fully saturated rings. The molecule has 0 N–H and O–H groups in total. The summed E-state index contributed by atoms with van der Waals surface area (Å²) in [6.45, 7) is 2.09. The number of carbonyl (C=O) groups excluding carboxylic acids is 1. The van der Waals surface area contributed by atoms with E-state index in [2.05, 4.69) is 23.0 Å². The van der Waals surface area contributed by atoms with Crippen LogP contribution in [-0.2, 0) is 6.42 Å². The number of thioether (sulfide) groups is 1. The summed E-state index contributed by atoms with van der Waals surface area (Å²) in [5.74, 6) is -0.560. The van der Waals surface area contributed by atoms with Crippen LogP contribution in [0.3, 0.4) is 0 Å². The topological polar surface area (TPSA) is 42.9 Å². The lowest BCUT2D eigenvalue weighted by Gasteiger charge is -2.03. The molecule has 0 aliphatic rings. The Morgan fingerprint density at radius 2 is 2.14 bits per heavy atom. The highest BCUT2D eigenvalue weighted by Crippen LogP contribution is 2.31. The first kappa shape index (κ1) is 15.1. The second-order valence-electron chi connectivity index (χ2n) is 4.66. The quantitative estimate of drug-likeness (QED) is 0.395. The van der Waals surface area contributed by atoms with Crippen molar-refractivity contribution in [2.45, 2.75) is 18.4 Å².